The van der Waals surface area contributed by atoms with Crippen LogP contribution in [0.4, 0.5) is 5.69 Å². The zero-order valence-electron chi connectivity index (χ0n) is 22.8. The molecule has 0 fully saturated rings. The third-order valence-electron chi connectivity index (χ3n) is 6.48. The predicted molar refractivity (Wildman–Crippen MR) is 161 cm³/mol. The molecule has 0 saturated carbocycles. The molecule has 0 amide bonds. The maximum Gasteiger partial charge on any atom is 0.338 e. The number of esters is 1. The summed E-state index contributed by atoms with van der Waals surface area (Å²) in [7, 11) is 3.90. The summed E-state index contributed by atoms with van der Waals surface area (Å²) in [6.07, 6.45) is 1.66. The van der Waals surface area contributed by atoms with E-state index in [4.69, 9.17) is 37.1 Å². The number of benzene rings is 2. The highest BCUT2D eigenvalue weighted by atomic mass is 35.5. The average Bonchev–Trinajstić information content (AvgIpc) is 3.52. The summed E-state index contributed by atoms with van der Waals surface area (Å²) in [6.45, 7) is 3.84. The smallest absolute Gasteiger partial charge is 0.338 e. The molecular formula is C30H27Cl2N3O5S. The van der Waals surface area contributed by atoms with Crippen molar-refractivity contribution in [3.8, 4) is 5.75 Å². The minimum absolute atomic E-state index is 0.125. The van der Waals surface area contributed by atoms with Crippen LogP contribution in [0.5, 0.6) is 5.75 Å². The van der Waals surface area contributed by atoms with Gasteiger partial charge in [0, 0.05) is 25.9 Å². The molecule has 0 saturated heterocycles. The fraction of sp³-hybridized carbons (Fsp3) is 0.233. The predicted octanol–water partition coefficient (Wildman–Crippen LogP) is 5.34. The maximum absolute atomic E-state index is 13.8. The number of hydrogen-bond acceptors (Lipinski definition) is 8. The molecule has 0 bridgehead atoms. The summed E-state index contributed by atoms with van der Waals surface area (Å²) < 4.78 is 19.0. The van der Waals surface area contributed by atoms with Crippen LogP contribution in [0.15, 0.2) is 80.1 Å². The quantitative estimate of drug-likeness (QED) is 0.250. The second-order valence-corrected chi connectivity index (χ2v) is 11.2. The Morgan fingerprint density at radius 3 is 2.61 bits per heavy atom. The number of anilines is 1. The van der Waals surface area contributed by atoms with Crippen LogP contribution in [-0.2, 0) is 16.1 Å². The molecule has 1 atom stereocenters. The van der Waals surface area contributed by atoms with Gasteiger partial charge in [0.1, 0.15) is 28.9 Å². The lowest BCUT2D eigenvalue weighted by atomic mass is 9.95. The summed E-state index contributed by atoms with van der Waals surface area (Å²) in [4.78, 5) is 34.0. The molecule has 1 aliphatic rings. The highest BCUT2D eigenvalue weighted by Crippen LogP contribution is 2.33. The lowest BCUT2D eigenvalue weighted by Gasteiger charge is -2.25. The second-order valence-electron chi connectivity index (χ2n) is 9.43. The van der Waals surface area contributed by atoms with Crippen LogP contribution >= 0.6 is 34.5 Å². The fourth-order valence-corrected chi connectivity index (χ4v) is 5.86. The SMILES string of the molecule is CCOC(=O)C1=C(C)N=c2s/c(=C/c3ccc(COc4cccc(Cl)c4Cl)o3)c(=O)n2[C@@H]1c1ccc(N(C)C)cc1. The number of fused-ring (bicyclic) bond motifs is 1. The minimum Gasteiger partial charge on any atom is -0.484 e. The topological polar surface area (TPSA) is 86.3 Å². The number of thiazole rings is 1. The van der Waals surface area contributed by atoms with Gasteiger partial charge in [-0.3, -0.25) is 9.36 Å². The van der Waals surface area contributed by atoms with Gasteiger partial charge < -0.3 is 18.8 Å². The first-order valence-corrected chi connectivity index (χ1v) is 14.4. The summed E-state index contributed by atoms with van der Waals surface area (Å²) in [5, 5.41) is 0.721. The van der Waals surface area contributed by atoms with Gasteiger partial charge in [0.05, 0.1) is 33.5 Å². The molecule has 1 aliphatic heterocycles. The number of rotatable bonds is 8. The number of halogens is 2. The molecule has 0 radical (unpaired) electrons. The Morgan fingerprint density at radius 2 is 1.90 bits per heavy atom. The molecule has 11 heteroatoms. The Bertz CT molecular complexity index is 1820. The van der Waals surface area contributed by atoms with Gasteiger partial charge in [0.2, 0.25) is 0 Å². The molecule has 212 valence electrons. The first kappa shape index (κ1) is 28.7. The molecule has 0 aliphatic carbocycles. The first-order chi connectivity index (χ1) is 19.7. The number of furan rings is 1. The molecule has 2 aromatic heterocycles. The Morgan fingerprint density at radius 1 is 1.15 bits per heavy atom. The molecule has 0 unspecified atom stereocenters. The molecule has 0 N–H and O–H groups in total. The van der Waals surface area contributed by atoms with Crippen molar-refractivity contribution in [3.63, 3.8) is 0 Å². The van der Waals surface area contributed by atoms with Gasteiger partial charge in [-0.05, 0) is 55.8 Å². The molecule has 2 aromatic carbocycles. The molecule has 0 spiro atoms. The van der Waals surface area contributed by atoms with Gasteiger partial charge >= 0.3 is 5.97 Å². The van der Waals surface area contributed by atoms with E-state index in [9.17, 15) is 9.59 Å². The average molecular weight is 613 g/mol. The molecule has 3 heterocycles. The van der Waals surface area contributed by atoms with Gasteiger partial charge in [0.25, 0.3) is 5.56 Å². The van der Waals surface area contributed by atoms with Crippen LogP contribution in [-0.4, -0.2) is 31.2 Å². The van der Waals surface area contributed by atoms with E-state index >= 15 is 0 Å². The van der Waals surface area contributed by atoms with Gasteiger partial charge in [-0.15, -0.1) is 0 Å². The van der Waals surface area contributed by atoms with E-state index in [1.165, 1.54) is 11.3 Å². The van der Waals surface area contributed by atoms with E-state index in [1.807, 2.05) is 43.3 Å². The standard InChI is InChI=1S/C30H27Cl2N3O5S/c1-5-38-29(37)25-17(2)33-30-35(27(25)18-9-11-19(12-10-18)34(3)4)28(36)24(41-30)15-20-13-14-21(40-20)16-39-23-8-6-7-22(31)26(23)32/h6-15,27H,5,16H2,1-4H3/b24-15+/t27-/m1/s1. The van der Waals surface area contributed by atoms with E-state index < -0.39 is 12.0 Å². The molecule has 4 aromatic rings. The number of hydrogen-bond donors (Lipinski definition) is 0. The third-order valence-corrected chi connectivity index (χ3v) is 8.27. The van der Waals surface area contributed by atoms with Crippen LogP contribution in [0, 0.1) is 0 Å². The Hall–Kier alpha value is -3.79. The normalized spacial score (nSPS) is 15.0. The molecule has 8 nitrogen and oxygen atoms in total. The fourth-order valence-electron chi connectivity index (χ4n) is 4.48. The number of aromatic nitrogens is 1. The van der Waals surface area contributed by atoms with E-state index in [1.54, 1.807) is 54.8 Å². The van der Waals surface area contributed by atoms with E-state index in [2.05, 4.69) is 4.99 Å². The van der Waals surface area contributed by atoms with Crippen molar-refractivity contribution in [2.24, 2.45) is 4.99 Å². The maximum atomic E-state index is 13.8. The Labute approximate surface area is 250 Å². The number of allylic oxidation sites excluding steroid dienone is 1. The largest absolute Gasteiger partial charge is 0.484 e. The Balaban J connectivity index is 1.51. The monoisotopic (exact) mass is 611 g/mol. The van der Waals surface area contributed by atoms with E-state index in [0.717, 1.165) is 11.3 Å². The summed E-state index contributed by atoms with van der Waals surface area (Å²) in [6, 6.07) is 15.7. The number of carbonyl (C=O) groups is 1. The van der Waals surface area contributed by atoms with Crippen LogP contribution < -0.4 is 24.5 Å². The van der Waals surface area contributed by atoms with E-state index in [0.29, 0.717) is 47.9 Å². The van der Waals surface area contributed by atoms with Crippen molar-refractivity contribution < 1.29 is 18.7 Å². The van der Waals surface area contributed by atoms with Crippen molar-refractivity contribution >= 4 is 52.3 Å². The lowest BCUT2D eigenvalue weighted by molar-refractivity contribution is -0.139. The lowest BCUT2D eigenvalue weighted by Crippen LogP contribution is -2.39. The molecular weight excluding hydrogens is 585 g/mol. The van der Waals surface area contributed by atoms with Crippen molar-refractivity contribution in [1.29, 1.82) is 0 Å². The number of ether oxygens (including phenoxy) is 2. The highest BCUT2D eigenvalue weighted by molar-refractivity contribution is 7.07. The summed E-state index contributed by atoms with van der Waals surface area (Å²) in [5.41, 5.74) is 2.33. The molecule has 41 heavy (non-hydrogen) atoms. The van der Waals surface area contributed by atoms with Crippen LogP contribution in [0.3, 0.4) is 0 Å². The van der Waals surface area contributed by atoms with Gasteiger partial charge in [-0.1, -0.05) is 52.7 Å². The number of carbonyl (C=O) groups excluding carboxylic acids is 1. The zero-order valence-corrected chi connectivity index (χ0v) is 25.1. The van der Waals surface area contributed by atoms with Crippen LogP contribution in [0.2, 0.25) is 10.0 Å². The van der Waals surface area contributed by atoms with Crippen LogP contribution in [0.25, 0.3) is 6.08 Å². The molecule has 5 rings (SSSR count). The van der Waals surface area contributed by atoms with Gasteiger partial charge in [-0.2, -0.15) is 0 Å². The first-order valence-electron chi connectivity index (χ1n) is 12.8. The second kappa shape index (κ2) is 12.0. The van der Waals surface area contributed by atoms with E-state index in [-0.39, 0.29) is 18.8 Å². The van der Waals surface area contributed by atoms with Gasteiger partial charge in [-0.25, -0.2) is 9.79 Å². The van der Waals surface area contributed by atoms with Crippen molar-refractivity contribution in [2.45, 2.75) is 26.5 Å². The van der Waals surface area contributed by atoms with Gasteiger partial charge in [0.15, 0.2) is 4.80 Å². The van der Waals surface area contributed by atoms with Crippen LogP contribution in [0.1, 0.15) is 37.0 Å². The summed E-state index contributed by atoms with van der Waals surface area (Å²) >= 11 is 13.5. The number of nitrogens with zero attached hydrogens (tertiary/aromatic N) is 3. The Kier molecular flexibility index (Phi) is 8.40. The van der Waals surface area contributed by atoms with Crippen molar-refractivity contribution in [1.82, 2.24) is 4.57 Å². The highest BCUT2D eigenvalue weighted by Gasteiger charge is 2.33. The summed E-state index contributed by atoms with van der Waals surface area (Å²) in [5.74, 6) is 0.954. The zero-order chi connectivity index (χ0) is 29.3. The van der Waals surface area contributed by atoms with Crippen molar-refractivity contribution in [3.05, 3.63) is 113 Å². The third kappa shape index (κ3) is 5.84. The minimum atomic E-state index is -0.688. The van der Waals surface area contributed by atoms with Crippen molar-refractivity contribution in [2.75, 3.05) is 25.6 Å².